The number of carbonyl (C=O) groups is 2. The standard InChI is InChI=1S/C12H22N2O4/c1-3-18-8-4-6-13-11(17)14-7-5-12(2,9-14)10(15)16/h3-9H2,1-2H3,(H,13,17)(H,15,16). The van der Waals surface area contributed by atoms with Crippen molar-refractivity contribution < 1.29 is 19.4 Å². The summed E-state index contributed by atoms with van der Waals surface area (Å²) in [4.78, 5) is 24.4. The second-order valence-electron chi connectivity index (χ2n) is 4.82. The highest BCUT2D eigenvalue weighted by Gasteiger charge is 2.41. The minimum absolute atomic E-state index is 0.184. The maximum absolute atomic E-state index is 11.8. The zero-order chi connectivity index (χ0) is 13.6. The third-order valence-corrected chi connectivity index (χ3v) is 3.22. The number of rotatable bonds is 6. The van der Waals surface area contributed by atoms with Gasteiger partial charge in [-0.2, -0.15) is 0 Å². The van der Waals surface area contributed by atoms with Crippen LogP contribution in [-0.4, -0.2) is 54.9 Å². The van der Waals surface area contributed by atoms with Crippen LogP contribution in [0.25, 0.3) is 0 Å². The molecule has 1 aliphatic rings. The predicted molar refractivity (Wildman–Crippen MR) is 66.4 cm³/mol. The third kappa shape index (κ3) is 3.87. The van der Waals surface area contributed by atoms with Gasteiger partial charge >= 0.3 is 12.0 Å². The summed E-state index contributed by atoms with van der Waals surface area (Å²) in [6.45, 7) is 6.24. The van der Waals surface area contributed by atoms with E-state index in [9.17, 15) is 9.59 Å². The zero-order valence-electron chi connectivity index (χ0n) is 11.1. The van der Waals surface area contributed by atoms with E-state index < -0.39 is 11.4 Å². The molecule has 1 rings (SSSR count). The van der Waals surface area contributed by atoms with E-state index in [1.165, 1.54) is 0 Å². The van der Waals surface area contributed by atoms with E-state index in [0.29, 0.717) is 32.7 Å². The molecule has 1 unspecified atom stereocenters. The van der Waals surface area contributed by atoms with Gasteiger partial charge in [0, 0.05) is 32.8 Å². The van der Waals surface area contributed by atoms with Crippen LogP contribution in [0.5, 0.6) is 0 Å². The van der Waals surface area contributed by atoms with Crippen molar-refractivity contribution in [3.63, 3.8) is 0 Å². The van der Waals surface area contributed by atoms with Gasteiger partial charge in [0.2, 0.25) is 0 Å². The van der Waals surface area contributed by atoms with Gasteiger partial charge in [-0.3, -0.25) is 4.79 Å². The first-order chi connectivity index (χ1) is 8.49. The SMILES string of the molecule is CCOCCCNC(=O)N1CCC(C)(C(=O)O)C1. The quantitative estimate of drug-likeness (QED) is 0.694. The van der Waals surface area contributed by atoms with Crippen LogP contribution < -0.4 is 5.32 Å². The molecule has 0 aromatic rings. The van der Waals surface area contributed by atoms with Crippen molar-refractivity contribution >= 4 is 12.0 Å². The number of carboxylic acid groups (broad SMARTS) is 1. The number of amides is 2. The van der Waals surface area contributed by atoms with Crippen molar-refractivity contribution in [2.45, 2.75) is 26.7 Å². The van der Waals surface area contributed by atoms with Gasteiger partial charge in [0.25, 0.3) is 0 Å². The van der Waals surface area contributed by atoms with E-state index in [4.69, 9.17) is 9.84 Å². The van der Waals surface area contributed by atoms with E-state index in [2.05, 4.69) is 5.32 Å². The summed E-state index contributed by atoms with van der Waals surface area (Å²) >= 11 is 0. The topological polar surface area (TPSA) is 78.9 Å². The number of likely N-dealkylation sites (tertiary alicyclic amines) is 1. The molecule has 6 heteroatoms. The first-order valence-corrected chi connectivity index (χ1v) is 6.33. The first-order valence-electron chi connectivity index (χ1n) is 6.33. The van der Waals surface area contributed by atoms with Crippen LogP contribution in [0.15, 0.2) is 0 Å². The number of carboxylic acids is 1. The van der Waals surface area contributed by atoms with Gasteiger partial charge in [-0.25, -0.2) is 4.79 Å². The fourth-order valence-electron chi connectivity index (χ4n) is 1.93. The molecule has 0 bridgehead atoms. The molecule has 1 fully saturated rings. The van der Waals surface area contributed by atoms with Crippen LogP contribution in [0.3, 0.4) is 0 Å². The Morgan fingerprint density at radius 3 is 2.78 bits per heavy atom. The fraction of sp³-hybridized carbons (Fsp3) is 0.833. The molecular formula is C12H22N2O4. The lowest BCUT2D eigenvalue weighted by Crippen LogP contribution is -2.41. The van der Waals surface area contributed by atoms with Gasteiger partial charge in [0.1, 0.15) is 0 Å². The molecule has 0 aliphatic carbocycles. The molecule has 0 saturated carbocycles. The van der Waals surface area contributed by atoms with Crippen molar-refractivity contribution in [3.05, 3.63) is 0 Å². The lowest BCUT2D eigenvalue weighted by atomic mass is 9.90. The molecule has 104 valence electrons. The van der Waals surface area contributed by atoms with Gasteiger partial charge in [0.05, 0.1) is 5.41 Å². The molecule has 2 N–H and O–H groups in total. The molecule has 2 amide bonds. The van der Waals surface area contributed by atoms with Gasteiger partial charge in [-0.05, 0) is 26.7 Å². The second-order valence-corrected chi connectivity index (χ2v) is 4.82. The lowest BCUT2D eigenvalue weighted by Gasteiger charge is -2.20. The summed E-state index contributed by atoms with van der Waals surface area (Å²) in [5.41, 5.74) is -0.803. The van der Waals surface area contributed by atoms with Crippen LogP contribution >= 0.6 is 0 Å². The first kappa shape index (κ1) is 14.8. The van der Waals surface area contributed by atoms with Gasteiger partial charge in [0.15, 0.2) is 0 Å². The summed E-state index contributed by atoms with van der Waals surface area (Å²) in [7, 11) is 0. The number of carbonyl (C=O) groups excluding carboxylic acids is 1. The fourth-order valence-corrected chi connectivity index (χ4v) is 1.93. The Bertz CT molecular complexity index is 308. The van der Waals surface area contributed by atoms with E-state index in [1.807, 2.05) is 6.92 Å². The maximum Gasteiger partial charge on any atom is 0.317 e. The van der Waals surface area contributed by atoms with E-state index in [-0.39, 0.29) is 12.6 Å². The minimum atomic E-state index is -0.839. The largest absolute Gasteiger partial charge is 0.481 e. The number of nitrogens with zero attached hydrogens (tertiary/aromatic N) is 1. The summed E-state index contributed by atoms with van der Waals surface area (Å²) in [6, 6.07) is -0.184. The predicted octanol–water partition coefficient (Wildman–Crippen LogP) is 0.919. The molecule has 0 radical (unpaired) electrons. The summed E-state index contributed by atoms with van der Waals surface area (Å²) in [5, 5.41) is 11.8. The summed E-state index contributed by atoms with van der Waals surface area (Å²) < 4.78 is 5.16. The number of hydrogen-bond acceptors (Lipinski definition) is 3. The van der Waals surface area contributed by atoms with Crippen molar-refractivity contribution in [2.24, 2.45) is 5.41 Å². The Balaban J connectivity index is 2.26. The normalized spacial score (nSPS) is 23.1. The van der Waals surface area contributed by atoms with Crippen molar-refractivity contribution in [2.75, 3.05) is 32.8 Å². The van der Waals surface area contributed by atoms with Crippen LogP contribution in [0, 0.1) is 5.41 Å². The molecule has 6 nitrogen and oxygen atoms in total. The van der Waals surface area contributed by atoms with Crippen molar-refractivity contribution in [1.29, 1.82) is 0 Å². The maximum atomic E-state index is 11.8. The number of nitrogens with one attached hydrogen (secondary N) is 1. The number of urea groups is 1. The smallest absolute Gasteiger partial charge is 0.317 e. The minimum Gasteiger partial charge on any atom is -0.481 e. The third-order valence-electron chi connectivity index (χ3n) is 3.22. The molecule has 1 aliphatic heterocycles. The van der Waals surface area contributed by atoms with E-state index in [0.717, 1.165) is 6.42 Å². The number of aliphatic carboxylic acids is 1. The van der Waals surface area contributed by atoms with Crippen LogP contribution in [0.4, 0.5) is 4.79 Å². The second kappa shape index (κ2) is 6.58. The zero-order valence-corrected chi connectivity index (χ0v) is 11.1. The molecule has 0 spiro atoms. The highest BCUT2D eigenvalue weighted by molar-refractivity contribution is 5.79. The summed E-state index contributed by atoms with van der Waals surface area (Å²) in [5.74, 6) is -0.839. The average molecular weight is 258 g/mol. The molecule has 0 aromatic carbocycles. The van der Waals surface area contributed by atoms with Crippen molar-refractivity contribution in [1.82, 2.24) is 10.2 Å². The van der Waals surface area contributed by atoms with Gasteiger partial charge in [-0.15, -0.1) is 0 Å². The highest BCUT2D eigenvalue weighted by atomic mass is 16.5. The Morgan fingerprint density at radius 2 is 2.22 bits per heavy atom. The monoisotopic (exact) mass is 258 g/mol. The highest BCUT2D eigenvalue weighted by Crippen LogP contribution is 2.29. The molecule has 1 heterocycles. The van der Waals surface area contributed by atoms with Crippen molar-refractivity contribution in [3.8, 4) is 0 Å². The lowest BCUT2D eigenvalue weighted by molar-refractivity contribution is -0.146. The van der Waals surface area contributed by atoms with Gasteiger partial charge < -0.3 is 20.1 Å². The average Bonchev–Trinajstić information content (AvgIpc) is 2.73. The van der Waals surface area contributed by atoms with Crippen LogP contribution in [-0.2, 0) is 9.53 Å². The van der Waals surface area contributed by atoms with E-state index >= 15 is 0 Å². The van der Waals surface area contributed by atoms with Crippen LogP contribution in [0.1, 0.15) is 26.7 Å². The Kier molecular flexibility index (Phi) is 5.40. The van der Waals surface area contributed by atoms with Crippen LogP contribution in [0.2, 0.25) is 0 Å². The van der Waals surface area contributed by atoms with E-state index in [1.54, 1.807) is 11.8 Å². The van der Waals surface area contributed by atoms with Gasteiger partial charge in [-0.1, -0.05) is 0 Å². The number of hydrogen-bond donors (Lipinski definition) is 2. The Hall–Kier alpha value is -1.30. The molecule has 18 heavy (non-hydrogen) atoms. The molecule has 0 aromatic heterocycles. The Morgan fingerprint density at radius 1 is 1.50 bits per heavy atom. The molecule has 1 saturated heterocycles. The summed E-state index contributed by atoms with van der Waals surface area (Å²) in [6.07, 6.45) is 1.28. The Labute approximate surface area is 107 Å². The molecular weight excluding hydrogens is 236 g/mol. The number of ether oxygens (including phenoxy) is 1. The molecule has 1 atom stereocenters.